The van der Waals surface area contributed by atoms with Gasteiger partial charge in [-0.3, -0.25) is 4.79 Å². The van der Waals surface area contributed by atoms with Crippen LogP contribution in [-0.2, 0) is 4.79 Å². The molecule has 0 radical (unpaired) electrons. The Bertz CT molecular complexity index is 748. The highest BCUT2D eigenvalue weighted by Crippen LogP contribution is 2.46. The molecule has 25 heavy (non-hydrogen) atoms. The van der Waals surface area contributed by atoms with Gasteiger partial charge in [-0.25, -0.2) is 0 Å². The van der Waals surface area contributed by atoms with Crippen LogP contribution in [0.25, 0.3) is 0 Å². The lowest BCUT2D eigenvalue weighted by molar-refractivity contribution is -0.118. The minimum absolute atomic E-state index is 0.118. The van der Waals surface area contributed by atoms with Gasteiger partial charge in [0.1, 0.15) is 11.0 Å². The first-order valence-corrected chi connectivity index (χ1v) is 10.4. The summed E-state index contributed by atoms with van der Waals surface area (Å²) in [6, 6.07) is 14.2. The number of halogens is 1. The first-order chi connectivity index (χ1) is 12.1. The molecule has 3 nitrogen and oxygen atoms in total. The number of ether oxygens (including phenoxy) is 1. The lowest BCUT2D eigenvalue weighted by Crippen LogP contribution is -2.33. The van der Waals surface area contributed by atoms with Crippen molar-refractivity contribution in [3.05, 3.63) is 53.6 Å². The summed E-state index contributed by atoms with van der Waals surface area (Å²) in [7, 11) is 1.85. The number of hydrogen-bond donors (Lipinski definition) is 0. The van der Waals surface area contributed by atoms with E-state index < -0.39 is 0 Å². The number of anilines is 1. The van der Waals surface area contributed by atoms with Crippen LogP contribution in [0.4, 0.5) is 5.69 Å². The minimum atomic E-state index is -0.207. The molecule has 1 aliphatic heterocycles. The molecule has 1 unspecified atom stereocenters. The van der Waals surface area contributed by atoms with Crippen LogP contribution in [-0.4, -0.2) is 24.9 Å². The lowest BCUT2D eigenvalue weighted by Gasteiger charge is -2.31. The quantitative estimate of drug-likeness (QED) is 0.466. The second-order valence-corrected chi connectivity index (χ2v) is 8.12. The van der Waals surface area contributed by atoms with Gasteiger partial charge in [-0.2, -0.15) is 0 Å². The molecule has 0 bridgehead atoms. The zero-order valence-corrected chi connectivity index (χ0v) is 16.9. The van der Waals surface area contributed by atoms with E-state index in [0.29, 0.717) is 0 Å². The maximum absolute atomic E-state index is 12.8. The number of alkyl halides is 1. The van der Waals surface area contributed by atoms with Gasteiger partial charge in [0.15, 0.2) is 0 Å². The Kier molecular flexibility index (Phi) is 6.07. The molecule has 2 aromatic rings. The largest absolute Gasteiger partial charge is 0.494 e. The van der Waals surface area contributed by atoms with Crippen molar-refractivity contribution >= 4 is 39.3 Å². The third kappa shape index (κ3) is 4.21. The van der Waals surface area contributed by atoms with Crippen molar-refractivity contribution in [2.75, 3.05) is 23.9 Å². The maximum Gasteiger partial charge on any atom is 0.244 e. The second kappa shape index (κ2) is 8.28. The number of aryl methyl sites for hydroxylation is 1. The fraction of sp³-hybridized carbons (Fsp3) is 0.350. The van der Waals surface area contributed by atoms with Crippen LogP contribution in [0, 0.1) is 6.92 Å². The summed E-state index contributed by atoms with van der Waals surface area (Å²) in [4.78, 5) is 15.7. The number of benzene rings is 2. The highest BCUT2D eigenvalue weighted by atomic mass is 79.9. The highest BCUT2D eigenvalue weighted by molar-refractivity contribution is 9.09. The lowest BCUT2D eigenvalue weighted by atomic mass is 10.1. The summed E-state index contributed by atoms with van der Waals surface area (Å²) in [6.45, 7) is 2.80. The second-order valence-electron chi connectivity index (χ2n) is 6.18. The molecule has 0 aromatic heterocycles. The van der Waals surface area contributed by atoms with Gasteiger partial charge in [-0.15, -0.1) is 11.8 Å². The average Bonchev–Trinajstić information content (AvgIpc) is 2.62. The van der Waals surface area contributed by atoms with Gasteiger partial charge in [0.05, 0.1) is 12.3 Å². The van der Waals surface area contributed by atoms with Gasteiger partial charge in [-0.1, -0.05) is 34.1 Å². The topological polar surface area (TPSA) is 29.5 Å². The average molecular weight is 420 g/mol. The van der Waals surface area contributed by atoms with Crippen molar-refractivity contribution < 1.29 is 9.53 Å². The fourth-order valence-electron chi connectivity index (χ4n) is 2.80. The molecular formula is C20H22BrNO2S. The molecule has 0 saturated heterocycles. The molecule has 0 spiro atoms. The number of fused-ring (bicyclic) bond motifs is 1. The van der Waals surface area contributed by atoms with E-state index >= 15 is 0 Å². The Labute approximate surface area is 161 Å². The number of hydrogen-bond acceptors (Lipinski definition) is 3. The van der Waals surface area contributed by atoms with Gasteiger partial charge in [0.2, 0.25) is 5.91 Å². The number of unbranched alkanes of at least 4 members (excludes halogenated alkanes) is 1. The molecule has 1 aliphatic rings. The van der Waals surface area contributed by atoms with Crippen molar-refractivity contribution in [2.45, 2.75) is 29.9 Å². The predicted octanol–water partition coefficient (Wildman–Crippen LogP) is 5.36. The first kappa shape index (κ1) is 18.3. The Morgan fingerprint density at radius 1 is 1.16 bits per heavy atom. The SMILES string of the molecule is Cc1ccc2c(c1)SC(c1ccc(OCCCCBr)cc1)C(=O)N2C. The maximum atomic E-state index is 12.8. The van der Waals surface area contributed by atoms with Crippen LogP contribution in [0.1, 0.15) is 29.2 Å². The van der Waals surface area contributed by atoms with Crippen LogP contribution in [0.5, 0.6) is 5.75 Å². The summed E-state index contributed by atoms with van der Waals surface area (Å²) in [6.07, 6.45) is 2.14. The molecule has 2 aromatic carbocycles. The summed E-state index contributed by atoms with van der Waals surface area (Å²) < 4.78 is 5.75. The van der Waals surface area contributed by atoms with E-state index in [9.17, 15) is 4.79 Å². The smallest absolute Gasteiger partial charge is 0.244 e. The van der Waals surface area contributed by atoms with E-state index in [1.807, 2.05) is 43.4 Å². The van der Waals surface area contributed by atoms with Crippen LogP contribution >= 0.6 is 27.7 Å². The third-order valence-corrected chi connectivity index (χ3v) is 6.11. The summed E-state index contributed by atoms with van der Waals surface area (Å²) >= 11 is 5.05. The Balaban J connectivity index is 1.74. The predicted molar refractivity (Wildman–Crippen MR) is 108 cm³/mol. The van der Waals surface area contributed by atoms with Gasteiger partial charge < -0.3 is 9.64 Å². The van der Waals surface area contributed by atoms with E-state index in [1.54, 1.807) is 16.7 Å². The van der Waals surface area contributed by atoms with Gasteiger partial charge in [0.25, 0.3) is 0 Å². The monoisotopic (exact) mass is 419 g/mol. The number of likely N-dealkylation sites (N-methyl/N-ethyl adjacent to an activating group) is 1. The normalized spacial score (nSPS) is 16.7. The van der Waals surface area contributed by atoms with E-state index in [-0.39, 0.29) is 11.2 Å². The van der Waals surface area contributed by atoms with Crippen molar-refractivity contribution in [1.29, 1.82) is 0 Å². The molecule has 1 amide bonds. The number of nitrogens with zero attached hydrogens (tertiary/aromatic N) is 1. The van der Waals surface area contributed by atoms with Crippen LogP contribution in [0.2, 0.25) is 0 Å². The zero-order chi connectivity index (χ0) is 17.8. The van der Waals surface area contributed by atoms with Crippen molar-refractivity contribution in [2.24, 2.45) is 0 Å². The standard InChI is InChI=1S/C20H22BrNO2S/c1-14-5-10-17-18(13-14)25-19(20(23)22(17)2)15-6-8-16(9-7-15)24-12-4-3-11-21/h5-10,13,19H,3-4,11-12H2,1-2H3. The third-order valence-electron chi connectivity index (χ3n) is 4.26. The molecule has 0 saturated carbocycles. The molecule has 1 atom stereocenters. The first-order valence-electron chi connectivity index (χ1n) is 8.44. The summed E-state index contributed by atoms with van der Waals surface area (Å²) in [5.41, 5.74) is 3.21. The van der Waals surface area contributed by atoms with E-state index in [4.69, 9.17) is 4.74 Å². The molecule has 0 aliphatic carbocycles. The molecular weight excluding hydrogens is 398 g/mol. The Morgan fingerprint density at radius 3 is 2.64 bits per heavy atom. The van der Waals surface area contributed by atoms with Crippen LogP contribution in [0.15, 0.2) is 47.4 Å². The summed E-state index contributed by atoms with van der Waals surface area (Å²) in [5.74, 6) is 0.975. The van der Waals surface area contributed by atoms with Crippen molar-refractivity contribution in [1.82, 2.24) is 0 Å². The van der Waals surface area contributed by atoms with Crippen molar-refractivity contribution in [3.63, 3.8) is 0 Å². The van der Waals surface area contributed by atoms with E-state index in [0.717, 1.165) is 46.7 Å². The zero-order valence-electron chi connectivity index (χ0n) is 14.5. The molecule has 132 valence electrons. The van der Waals surface area contributed by atoms with E-state index in [2.05, 4.69) is 28.9 Å². The number of amides is 1. The van der Waals surface area contributed by atoms with Gasteiger partial charge in [-0.05, 0) is 55.2 Å². The number of carbonyl (C=O) groups excluding carboxylic acids is 1. The number of thioether (sulfide) groups is 1. The van der Waals surface area contributed by atoms with Gasteiger partial charge in [0, 0.05) is 17.3 Å². The Hall–Kier alpha value is -1.46. The van der Waals surface area contributed by atoms with Crippen LogP contribution < -0.4 is 9.64 Å². The molecule has 1 heterocycles. The van der Waals surface area contributed by atoms with Gasteiger partial charge >= 0.3 is 0 Å². The number of carbonyl (C=O) groups is 1. The highest BCUT2D eigenvalue weighted by Gasteiger charge is 2.32. The fourth-order valence-corrected chi connectivity index (χ4v) is 4.58. The summed E-state index contributed by atoms with van der Waals surface area (Å²) in [5, 5.41) is 0.798. The Morgan fingerprint density at radius 2 is 1.92 bits per heavy atom. The van der Waals surface area contributed by atoms with E-state index in [1.165, 1.54) is 5.56 Å². The molecule has 0 N–H and O–H groups in total. The molecule has 3 rings (SSSR count). The minimum Gasteiger partial charge on any atom is -0.494 e. The van der Waals surface area contributed by atoms with Crippen molar-refractivity contribution in [3.8, 4) is 5.75 Å². The van der Waals surface area contributed by atoms with Crippen LogP contribution in [0.3, 0.4) is 0 Å². The molecule has 5 heteroatoms. The number of rotatable bonds is 6. The molecule has 0 fully saturated rings.